The van der Waals surface area contributed by atoms with E-state index in [1.165, 1.54) is 0 Å². The first kappa shape index (κ1) is 50.3. The van der Waals surface area contributed by atoms with Crippen LogP contribution in [0.15, 0.2) is 109 Å². The normalized spacial score (nSPS) is 14.8. The van der Waals surface area contributed by atoms with E-state index in [0.717, 1.165) is 20.9 Å². The summed E-state index contributed by atoms with van der Waals surface area (Å²) in [6, 6.07) is 30.2. The number of aliphatic hydroxyl groups excluding tert-OH is 2. The van der Waals surface area contributed by atoms with Crippen LogP contribution in [0.2, 0.25) is 30.1 Å². The molecule has 2 unspecified atom stereocenters. The summed E-state index contributed by atoms with van der Waals surface area (Å²) in [6.07, 6.45) is -2.66. The monoisotopic (exact) mass is 1040 g/mol. The van der Waals surface area contributed by atoms with Crippen molar-refractivity contribution in [3.63, 3.8) is 0 Å². The van der Waals surface area contributed by atoms with Gasteiger partial charge in [0.25, 0.3) is 11.8 Å². The first-order chi connectivity index (χ1) is 32.6. The van der Waals surface area contributed by atoms with Crippen molar-refractivity contribution in [2.45, 2.75) is 52.4 Å². The second-order valence-corrected chi connectivity index (χ2v) is 17.6. The van der Waals surface area contributed by atoms with Gasteiger partial charge in [0.1, 0.15) is 24.7 Å². The summed E-state index contributed by atoms with van der Waals surface area (Å²) >= 11 is 37.6. The minimum Gasteiger partial charge on any atom is -0.488 e. The van der Waals surface area contributed by atoms with E-state index in [1.54, 1.807) is 111 Å². The second kappa shape index (κ2) is 22.3. The molecule has 2 amide bonds. The van der Waals surface area contributed by atoms with Crippen LogP contribution in [0.1, 0.15) is 80.4 Å². The highest BCUT2D eigenvalue weighted by Gasteiger charge is 2.43. The number of esters is 2. The highest BCUT2D eigenvalue weighted by atomic mass is 35.5. The molecule has 0 bridgehead atoms. The zero-order valence-corrected chi connectivity index (χ0v) is 40.6. The Labute approximate surface area is 421 Å². The standard InChI is InChI=1S/2C25H20Cl3NO5/c2*1-2-33-21(30)12-14-6-8-19(18(28)11-14)29-24(31)22-17(27)7-9-20(23(22)25(29)32)34-13-15-4-3-5-16(26)10-15/h3-11,25,32H,2,12-13H2,1H3;3-11,24,31H,2,12-13H2,1H3. The van der Waals surface area contributed by atoms with Gasteiger partial charge in [-0.15, -0.1) is 0 Å². The van der Waals surface area contributed by atoms with Crippen LogP contribution in [0.3, 0.4) is 0 Å². The van der Waals surface area contributed by atoms with Crippen molar-refractivity contribution in [2.24, 2.45) is 0 Å². The Bertz CT molecular complexity index is 2850. The van der Waals surface area contributed by atoms with Crippen molar-refractivity contribution < 1.29 is 48.3 Å². The predicted octanol–water partition coefficient (Wildman–Crippen LogP) is 12.0. The topological polar surface area (TPSA) is 152 Å². The molecule has 2 heterocycles. The summed E-state index contributed by atoms with van der Waals surface area (Å²) in [6.45, 7) is 4.36. The summed E-state index contributed by atoms with van der Waals surface area (Å²) in [5.41, 5.74) is 4.24. The van der Waals surface area contributed by atoms with Gasteiger partial charge in [-0.1, -0.05) is 106 Å². The Morgan fingerprint density at radius 3 is 1.46 bits per heavy atom. The number of amides is 2. The van der Waals surface area contributed by atoms with Crippen LogP contribution in [-0.2, 0) is 45.1 Å². The van der Waals surface area contributed by atoms with E-state index in [4.69, 9.17) is 88.6 Å². The van der Waals surface area contributed by atoms with Gasteiger partial charge in [-0.05, 0) is 109 Å². The van der Waals surface area contributed by atoms with Gasteiger partial charge in [-0.2, -0.15) is 0 Å². The molecule has 6 aromatic carbocycles. The fourth-order valence-electron chi connectivity index (χ4n) is 7.59. The number of fused-ring (bicyclic) bond motifs is 2. The van der Waals surface area contributed by atoms with Gasteiger partial charge in [0.2, 0.25) is 0 Å². The first-order valence-corrected chi connectivity index (χ1v) is 23.2. The van der Waals surface area contributed by atoms with Gasteiger partial charge in [0.05, 0.1) is 69.2 Å². The van der Waals surface area contributed by atoms with Gasteiger partial charge in [-0.3, -0.25) is 29.0 Å². The van der Waals surface area contributed by atoms with Gasteiger partial charge in [0.15, 0.2) is 12.5 Å². The maximum atomic E-state index is 13.4. The molecular formula is C50H40Cl6N2O10. The van der Waals surface area contributed by atoms with E-state index in [-0.39, 0.29) is 111 Å². The highest BCUT2D eigenvalue weighted by Crippen LogP contribution is 2.47. The number of ether oxygens (including phenoxy) is 4. The van der Waals surface area contributed by atoms with Crippen LogP contribution in [0.4, 0.5) is 11.4 Å². The van der Waals surface area contributed by atoms with E-state index < -0.39 is 24.3 Å². The summed E-state index contributed by atoms with van der Waals surface area (Å²) in [5.74, 6) is -1.20. The van der Waals surface area contributed by atoms with Crippen molar-refractivity contribution in [2.75, 3.05) is 23.0 Å². The van der Waals surface area contributed by atoms with E-state index in [1.807, 2.05) is 12.1 Å². The van der Waals surface area contributed by atoms with Gasteiger partial charge >= 0.3 is 11.9 Å². The summed E-state index contributed by atoms with van der Waals surface area (Å²) in [7, 11) is 0. The molecule has 2 atom stereocenters. The van der Waals surface area contributed by atoms with Crippen molar-refractivity contribution in [3.8, 4) is 11.5 Å². The molecule has 18 heteroatoms. The Hall–Kier alpha value is -5.54. The molecular weight excluding hydrogens is 1000 g/mol. The molecule has 6 aromatic rings. The van der Waals surface area contributed by atoms with E-state index in [2.05, 4.69) is 0 Å². The molecule has 0 aromatic heterocycles. The zero-order valence-electron chi connectivity index (χ0n) is 36.1. The van der Waals surface area contributed by atoms with E-state index in [9.17, 15) is 29.4 Å². The molecule has 0 radical (unpaired) electrons. The molecule has 12 nitrogen and oxygen atoms in total. The third-order valence-corrected chi connectivity index (χ3v) is 12.3. The Balaban J connectivity index is 0.000000201. The van der Waals surface area contributed by atoms with Crippen LogP contribution in [-0.4, -0.2) is 47.2 Å². The molecule has 2 aliphatic rings. The number of halogens is 6. The third kappa shape index (κ3) is 11.1. The molecule has 0 aliphatic carbocycles. The molecule has 0 spiro atoms. The lowest BCUT2D eigenvalue weighted by Crippen LogP contribution is -2.28. The minimum atomic E-state index is -1.37. The second-order valence-electron chi connectivity index (χ2n) is 15.1. The number of aliphatic hydroxyl groups is 2. The number of nitrogens with zero attached hydrogens (tertiary/aromatic N) is 2. The van der Waals surface area contributed by atoms with Crippen LogP contribution in [0.5, 0.6) is 11.5 Å². The quantitative estimate of drug-likeness (QED) is 0.101. The summed E-state index contributed by atoms with van der Waals surface area (Å²) in [4.78, 5) is 52.5. The highest BCUT2D eigenvalue weighted by molar-refractivity contribution is 6.37. The lowest BCUT2D eigenvalue weighted by molar-refractivity contribution is -0.143. The Morgan fingerprint density at radius 1 is 0.515 bits per heavy atom. The van der Waals surface area contributed by atoms with Crippen molar-refractivity contribution in [3.05, 3.63) is 184 Å². The number of benzene rings is 6. The number of anilines is 2. The van der Waals surface area contributed by atoms with E-state index in [0.29, 0.717) is 26.9 Å². The number of hydrogen-bond donors (Lipinski definition) is 2. The summed E-state index contributed by atoms with van der Waals surface area (Å²) < 4.78 is 21.7. The molecule has 0 saturated heterocycles. The summed E-state index contributed by atoms with van der Waals surface area (Å²) in [5, 5.41) is 24.1. The maximum Gasteiger partial charge on any atom is 0.310 e. The molecule has 0 fully saturated rings. The average molecular weight is 1040 g/mol. The van der Waals surface area contributed by atoms with Crippen LogP contribution in [0, 0.1) is 0 Å². The minimum absolute atomic E-state index is 0.0396. The number of carbonyl (C=O) groups excluding carboxylic acids is 4. The molecule has 8 rings (SSSR count). The lowest BCUT2D eigenvalue weighted by atomic mass is 10.1. The predicted molar refractivity (Wildman–Crippen MR) is 262 cm³/mol. The largest absolute Gasteiger partial charge is 0.488 e. The first-order valence-electron chi connectivity index (χ1n) is 20.9. The Kier molecular flexibility index (Phi) is 16.5. The molecule has 68 heavy (non-hydrogen) atoms. The number of hydrogen-bond acceptors (Lipinski definition) is 10. The van der Waals surface area contributed by atoms with E-state index >= 15 is 0 Å². The van der Waals surface area contributed by atoms with Crippen molar-refractivity contribution in [1.29, 1.82) is 0 Å². The van der Waals surface area contributed by atoms with Crippen molar-refractivity contribution in [1.82, 2.24) is 0 Å². The number of carbonyl (C=O) groups is 4. The number of rotatable bonds is 14. The third-order valence-electron chi connectivity index (χ3n) is 10.6. The Morgan fingerprint density at radius 2 is 0.971 bits per heavy atom. The molecule has 352 valence electrons. The molecule has 2 N–H and O–H groups in total. The maximum absolute atomic E-state index is 13.4. The van der Waals surface area contributed by atoms with Gasteiger partial charge in [-0.25, -0.2) is 0 Å². The van der Waals surface area contributed by atoms with Crippen molar-refractivity contribution >= 4 is 105 Å². The fourth-order valence-corrected chi connectivity index (χ4v) is 9.10. The van der Waals surface area contributed by atoms with Crippen LogP contribution in [0.25, 0.3) is 0 Å². The molecule has 0 saturated carbocycles. The lowest BCUT2D eigenvalue weighted by Gasteiger charge is -2.23. The average Bonchev–Trinajstić information content (AvgIpc) is 3.72. The fraction of sp³-hybridized carbons (Fsp3) is 0.200. The van der Waals surface area contributed by atoms with Crippen LogP contribution >= 0.6 is 69.6 Å². The smallest absolute Gasteiger partial charge is 0.310 e. The van der Waals surface area contributed by atoms with Gasteiger partial charge < -0.3 is 29.2 Å². The van der Waals surface area contributed by atoms with Gasteiger partial charge in [0, 0.05) is 20.6 Å². The van der Waals surface area contributed by atoms with Crippen LogP contribution < -0.4 is 19.3 Å². The SMILES string of the molecule is CCOC(=O)Cc1ccc(N2C(=O)c3c(Cl)ccc(OCc4cccc(Cl)c4)c3C2O)c(Cl)c1.CCOC(=O)Cc1ccc(N2C(=O)c3c(OCc4cccc(Cl)c4)ccc(Cl)c3C2O)c(Cl)c1. The molecule has 2 aliphatic heterocycles. The zero-order chi connectivity index (χ0) is 48.8.